The van der Waals surface area contributed by atoms with Crippen molar-refractivity contribution in [2.24, 2.45) is 5.92 Å². The minimum atomic E-state index is 0.165. The molecule has 2 nitrogen and oxygen atoms in total. The van der Waals surface area contributed by atoms with Crippen LogP contribution in [-0.4, -0.2) is 24.8 Å². The van der Waals surface area contributed by atoms with Crippen LogP contribution in [-0.2, 0) is 4.74 Å². The van der Waals surface area contributed by atoms with Crippen LogP contribution in [0.2, 0.25) is 0 Å². The maximum absolute atomic E-state index is 6.42. The van der Waals surface area contributed by atoms with E-state index in [1.54, 1.807) is 0 Å². The van der Waals surface area contributed by atoms with Gasteiger partial charge in [0.25, 0.3) is 0 Å². The molecule has 2 saturated carbocycles. The Bertz CT molecular complexity index is 215. The van der Waals surface area contributed by atoms with E-state index in [-0.39, 0.29) is 5.60 Å². The number of likely N-dealkylation sites (N-methyl/N-ethyl adjacent to an activating group) is 1. The Kier molecular flexibility index (Phi) is 4.26. The second kappa shape index (κ2) is 5.50. The highest BCUT2D eigenvalue weighted by atomic mass is 16.5. The average Bonchev–Trinajstić information content (AvgIpc) is 2.21. The van der Waals surface area contributed by atoms with Crippen molar-refractivity contribution in [1.29, 1.82) is 0 Å². The second-order valence-electron chi connectivity index (χ2n) is 5.84. The monoisotopic (exact) mass is 225 g/mol. The lowest BCUT2D eigenvalue weighted by atomic mass is 9.78. The van der Waals surface area contributed by atoms with Crippen LogP contribution in [0.15, 0.2) is 0 Å². The van der Waals surface area contributed by atoms with Gasteiger partial charge in [-0.3, -0.25) is 0 Å². The fraction of sp³-hybridized carbons (Fsp3) is 1.00. The van der Waals surface area contributed by atoms with Crippen LogP contribution in [0.3, 0.4) is 0 Å². The molecule has 0 aromatic carbocycles. The van der Waals surface area contributed by atoms with E-state index in [1.807, 2.05) is 0 Å². The molecule has 2 atom stereocenters. The largest absolute Gasteiger partial charge is 0.370 e. The first-order valence-electron chi connectivity index (χ1n) is 7.13. The highest BCUT2D eigenvalue weighted by Crippen LogP contribution is 2.38. The molecule has 2 heteroatoms. The Hall–Kier alpha value is -0.0800. The van der Waals surface area contributed by atoms with Crippen molar-refractivity contribution in [1.82, 2.24) is 5.32 Å². The van der Waals surface area contributed by atoms with Crippen molar-refractivity contribution in [3.63, 3.8) is 0 Å². The van der Waals surface area contributed by atoms with Gasteiger partial charge in [-0.15, -0.1) is 0 Å². The second-order valence-corrected chi connectivity index (χ2v) is 5.84. The summed E-state index contributed by atoms with van der Waals surface area (Å²) in [5.41, 5.74) is 0.165. The summed E-state index contributed by atoms with van der Waals surface area (Å²) in [6.07, 6.45) is 9.80. The van der Waals surface area contributed by atoms with Crippen molar-refractivity contribution in [2.75, 3.05) is 13.1 Å². The lowest BCUT2D eigenvalue weighted by Crippen LogP contribution is -2.49. The molecule has 0 radical (unpaired) electrons. The molecule has 0 aliphatic heterocycles. The quantitative estimate of drug-likeness (QED) is 0.776. The van der Waals surface area contributed by atoms with Gasteiger partial charge < -0.3 is 10.1 Å². The predicted octanol–water partition coefficient (Wildman–Crippen LogP) is 3.11. The molecule has 0 saturated heterocycles. The molecule has 0 bridgehead atoms. The minimum Gasteiger partial charge on any atom is -0.370 e. The van der Waals surface area contributed by atoms with Gasteiger partial charge in [0.15, 0.2) is 0 Å². The molecule has 16 heavy (non-hydrogen) atoms. The molecule has 1 N–H and O–H groups in total. The molecular formula is C14H27NO. The van der Waals surface area contributed by atoms with Crippen LogP contribution < -0.4 is 5.32 Å². The van der Waals surface area contributed by atoms with Crippen molar-refractivity contribution in [3.8, 4) is 0 Å². The highest BCUT2D eigenvalue weighted by Gasteiger charge is 2.38. The summed E-state index contributed by atoms with van der Waals surface area (Å²) in [4.78, 5) is 0. The molecule has 0 heterocycles. The average molecular weight is 225 g/mol. The number of rotatable bonds is 5. The van der Waals surface area contributed by atoms with E-state index in [1.165, 1.54) is 44.9 Å². The Morgan fingerprint density at radius 3 is 2.62 bits per heavy atom. The molecule has 2 aliphatic rings. The van der Waals surface area contributed by atoms with Crippen LogP contribution in [0.25, 0.3) is 0 Å². The number of hydrogen-bond acceptors (Lipinski definition) is 2. The summed E-state index contributed by atoms with van der Waals surface area (Å²) >= 11 is 0. The van der Waals surface area contributed by atoms with Crippen LogP contribution in [0, 0.1) is 5.92 Å². The topological polar surface area (TPSA) is 21.3 Å². The Balaban J connectivity index is 1.92. The van der Waals surface area contributed by atoms with E-state index >= 15 is 0 Å². The Morgan fingerprint density at radius 2 is 2.06 bits per heavy atom. The zero-order valence-electron chi connectivity index (χ0n) is 10.9. The van der Waals surface area contributed by atoms with E-state index < -0.39 is 0 Å². The normalized spacial score (nSPS) is 36.0. The van der Waals surface area contributed by atoms with Gasteiger partial charge >= 0.3 is 0 Å². The van der Waals surface area contributed by atoms with Crippen molar-refractivity contribution < 1.29 is 4.74 Å². The third-order valence-corrected chi connectivity index (χ3v) is 4.22. The number of ether oxygens (including phenoxy) is 1. The molecule has 2 fully saturated rings. The van der Waals surface area contributed by atoms with Crippen LogP contribution in [0.4, 0.5) is 0 Å². The van der Waals surface area contributed by atoms with Crippen LogP contribution >= 0.6 is 0 Å². The summed E-state index contributed by atoms with van der Waals surface area (Å²) in [6, 6.07) is 0. The van der Waals surface area contributed by atoms with E-state index in [0.29, 0.717) is 6.10 Å². The summed E-state index contributed by atoms with van der Waals surface area (Å²) in [5, 5.41) is 3.51. The summed E-state index contributed by atoms with van der Waals surface area (Å²) < 4.78 is 6.42. The maximum Gasteiger partial charge on any atom is 0.0812 e. The summed E-state index contributed by atoms with van der Waals surface area (Å²) in [7, 11) is 0. The molecular weight excluding hydrogens is 198 g/mol. The fourth-order valence-corrected chi connectivity index (χ4v) is 3.12. The number of hydrogen-bond donors (Lipinski definition) is 1. The van der Waals surface area contributed by atoms with Crippen molar-refractivity contribution in [3.05, 3.63) is 0 Å². The zero-order valence-corrected chi connectivity index (χ0v) is 10.9. The molecule has 2 unspecified atom stereocenters. The van der Waals surface area contributed by atoms with Gasteiger partial charge in [0, 0.05) is 6.54 Å². The lowest BCUT2D eigenvalue weighted by Gasteiger charge is -2.44. The van der Waals surface area contributed by atoms with Gasteiger partial charge in [0.05, 0.1) is 11.7 Å². The van der Waals surface area contributed by atoms with Crippen LogP contribution in [0.5, 0.6) is 0 Å². The molecule has 94 valence electrons. The smallest absolute Gasteiger partial charge is 0.0812 e. The summed E-state index contributed by atoms with van der Waals surface area (Å²) in [5.74, 6) is 0.840. The molecule has 0 aromatic heterocycles. The van der Waals surface area contributed by atoms with Gasteiger partial charge in [-0.2, -0.15) is 0 Å². The van der Waals surface area contributed by atoms with E-state index in [9.17, 15) is 0 Å². The lowest BCUT2D eigenvalue weighted by molar-refractivity contribution is -0.143. The Morgan fingerprint density at radius 1 is 1.25 bits per heavy atom. The third-order valence-electron chi connectivity index (χ3n) is 4.22. The van der Waals surface area contributed by atoms with E-state index in [0.717, 1.165) is 19.0 Å². The first-order valence-corrected chi connectivity index (χ1v) is 7.13. The van der Waals surface area contributed by atoms with Gasteiger partial charge in [0.1, 0.15) is 0 Å². The molecule has 2 rings (SSSR count). The van der Waals surface area contributed by atoms with Crippen molar-refractivity contribution >= 4 is 0 Å². The first kappa shape index (κ1) is 12.4. The first-order chi connectivity index (χ1) is 7.74. The highest BCUT2D eigenvalue weighted by molar-refractivity contribution is 4.91. The minimum absolute atomic E-state index is 0.165. The molecule has 0 amide bonds. The zero-order chi connectivity index (χ0) is 11.4. The van der Waals surface area contributed by atoms with Gasteiger partial charge in [0.2, 0.25) is 0 Å². The van der Waals surface area contributed by atoms with Gasteiger partial charge in [-0.25, -0.2) is 0 Å². The third kappa shape index (κ3) is 2.98. The van der Waals surface area contributed by atoms with E-state index in [4.69, 9.17) is 4.74 Å². The van der Waals surface area contributed by atoms with Crippen molar-refractivity contribution in [2.45, 2.75) is 70.5 Å². The van der Waals surface area contributed by atoms with Gasteiger partial charge in [-0.05, 0) is 44.6 Å². The van der Waals surface area contributed by atoms with E-state index in [2.05, 4.69) is 19.2 Å². The Labute approximate surface area is 100 Å². The predicted molar refractivity (Wildman–Crippen MR) is 67.6 cm³/mol. The SMILES string of the molecule is CCNCC1(OC2CCC2)CCCC(C)C1. The summed E-state index contributed by atoms with van der Waals surface area (Å²) in [6.45, 7) is 6.68. The molecule has 0 spiro atoms. The maximum atomic E-state index is 6.42. The standard InChI is InChI=1S/C14H27NO/c1-3-15-11-14(16-13-7-4-8-13)9-5-6-12(2)10-14/h12-13,15H,3-11H2,1-2H3. The molecule has 0 aromatic rings. The fourth-order valence-electron chi connectivity index (χ4n) is 3.12. The number of nitrogens with one attached hydrogen (secondary N) is 1. The van der Waals surface area contributed by atoms with Crippen LogP contribution in [0.1, 0.15) is 58.8 Å². The molecule has 2 aliphatic carbocycles. The van der Waals surface area contributed by atoms with Gasteiger partial charge in [-0.1, -0.05) is 26.7 Å².